The largest absolute Gasteiger partial charge is 0.328 e. The number of benzene rings is 1. The lowest BCUT2D eigenvalue weighted by Gasteiger charge is -2.39. The number of hydrogen-bond donors (Lipinski definition) is 1. The van der Waals surface area contributed by atoms with Gasteiger partial charge in [-0.1, -0.05) is 55.8 Å². The number of sulfonamides is 1. The van der Waals surface area contributed by atoms with Gasteiger partial charge in [-0.15, -0.1) is 11.3 Å². The first-order chi connectivity index (χ1) is 16.3. The molecule has 1 aromatic heterocycles. The lowest BCUT2D eigenvalue weighted by atomic mass is 9.84. The molecule has 1 saturated heterocycles. The van der Waals surface area contributed by atoms with Gasteiger partial charge in [-0.25, -0.2) is 13.4 Å². The molecule has 2 heterocycles. The zero-order valence-electron chi connectivity index (χ0n) is 18.9. The van der Waals surface area contributed by atoms with Crippen molar-refractivity contribution < 1.29 is 18.0 Å². The fourth-order valence-electron chi connectivity index (χ4n) is 4.75. The van der Waals surface area contributed by atoms with E-state index in [-0.39, 0.29) is 37.2 Å². The van der Waals surface area contributed by atoms with E-state index < -0.39 is 16.1 Å². The average molecular weight is 525 g/mol. The van der Waals surface area contributed by atoms with Crippen molar-refractivity contribution in [3.05, 3.63) is 46.4 Å². The maximum absolute atomic E-state index is 13.2. The molecule has 1 atom stereocenters. The summed E-state index contributed by atoms with van der Waals surface area (Å²) in [6.45, 7) is 0.0607. The lowest BCUT2D eigenvalue weighted by molar-refractivity contribution is -0.142. The minimum Gasteiger partial charge on any atom is -0.328 e. The third kappa shape index (κ3) is 6.35. The molecule has 8 nitrogen and oxygen atoms in total. The quantitative estimate of drug-likeness (QED) is 0.567. The van der Waals surface area contributed by atoms with Gasteiger partial charge in [0.05, 0.1) is 12.3 Å². The van der Waals surface area contributed by atoms with Gasteiger partial charge in [-0.3, -0.25) is 9.59 Å². The first kappa shape index (κ1) is 25.1. The van der Waals surface area contributed by atoms with E-state index in [1.807, 2.05) is 0 Å². The molecular weight excluding hydrogens is 496 g/mol. The van der Waals surface area contributed by atoms with Crippen LogP contribution < -0.4 is 5.32 Å². The number of amides is 2. The Balaban J connectivity index is 1.46. The first-order valence-corrected chi connectivity index (χ1v) is 14.4. The highest BCUT2D eigenvalue weighted by atomic mass is 35.5. The molecule has 2 aromatic rings. The third-order valence-electron chi connectivity index (χ3n) is 6.48. The smallest absolute Gasteiger partial charge is 0.248 e. The number of anilines is 1. The number of carbonyl (C=O) groups is 2. The van der Waals surface area contributed by atoms with E-state index in [9.17, 15) is 18.0 Å². The zero-order valence-corrected chi connectivity index (χ0v) is 21.2. The highest BCUT2D eigenvalue weighted by Gasteiger charge is 2.38. The van der Waals surface area contributed by atoms with Crippen molar-refractivity contribution in [1.29, 1.82) is 0 Å². The molecule has 1 unspecified atom stereocenters. The fraction of sp³-hybridized carbons (Fsp3) is 0.522. The van der Waals surface area contributed by atoms with Crippen LogP contribution in [0.1, 0.15) is 44.1 Å². The van der Waals surface area contributed by atoms with Gasteiger partial charge in [-0.2, -0.15) is 4.31 Å². The first-order valence-electron chi connectivity index (χ1n) is 11.5. The average Bonchev–Trinajstić information content (AvgIpc) is 3.31. The van der Waals surface area contributed by atoms with Gasteiger partial charge in [0.15, 0.2) is 5.13 Å². The van der Waals surface area contributed by atoms with Crippen molar-refractivity contribution in [3.8, 4) is 0 Å². The Hall–Kier alpha value is -2.01. The zero-order chi connectivity index (χ0) is 24.1. The summed E-state index contributed by atoms with van der Waals surface area (Å²) in [7, 11) is -3.71. The number of aromatic nitrogens is 1. The molecule has 1 aliphatic carbocycles. The number of nitrogens with zero attached hydrogens (tertiary/aromatic N) is 3. The van der Waals surface area contributed by atoms with Crippen LogP contribution >= 0.6 is 22.9 Å². The summed E-state index contributed by atoms with van der Waals surface area (Å²) in [4.78, 5) is 32.0. The van der Waals surface area contributed by atoms with Crippen molar-refractivity contribution in [3.63, 3.8) is 0 Å². The molecule has 184 valence electrons. The Kier molecular flexibility index (Phi) is 8.23. The van der Waals surface area contributed by atoms with Gasteiger partial charge in [0.1, 0.15) is 6.04 Å². The van der Waals surface area contributed by atoms with Crippen LogP contribution in [0.2, 0.25) is 5.02 Å². The molecule has 0 radical (unpaired) electrons. The maximum Gasteiger partial charge on any atom is 0.248 e. The molecule has 2 aliphatic rings. The summed E-state index contributed by atoms with van der Waals surface area (Å²) in [5.74, 6) is -0.463. The second kappa shape index (κ2) is 11.2. The van der Waals surface area contributed by atoms with Crippen LogP contribution in [-0.4, -0.2) is 60.1 Å². The minimum atomic E-state index is -3.71. The molecule has 2 fully saturated rings. The molecular formula is C23H29ClN4O4S2. The van der Waals surface area contributed by atoms with E-state index >= 15 is 0 Å². The number of piperazine rings is 1. The Morgan fingerprint density at radius 2 is 2.03 bits per heavy atom. The molecule has 2 amide bonds. The van der Waals surface area contributed by atoms with Gasteiger partial charge in [0.25, 0.3) is 0 Å². The second-order valence-electron chi connectivity index (χ2n) is 8.89. The maximum atomic E-state index is 13.2. The van der Waals surface area contributed by atoms with Crippen molar-refractivity contribution in [2.75, 3.05) is 25.0 Å². The number of rotatable bonds is 8. The molecule has 1 aliphatic heterocycles. The number of carbonyl (C=O) groups excluding carboxylic acids is 2. The van der Waals surface area contributed by atoms with Crippen LogP contribution in [0.3, 0.4) is 0 Å². The van der Waals surface area contributed by atoms with Gasteiger partial charge in [-0.05, 0) is 30.0 Å². The normalized spacial score (nSPS) is 19.2. The summed E-state index contributed by atoms with van der Waals surface area (Å²) < 4.78 is 27.2. The molecule has 0 spiro atoms. The molecule has 11 heteroatoms. The fourth-order valence-corrected chi connectivity index (χ4v) is 6.94. The third-order valence-corrected chi connectivity index (χ3v) is 9.20. The van der Waals surface area contributed by atoms with Gasteiger partial charge < -0.3 is 10.2 Å². The summed E-state index contributed by atoms with van der Waals surface area (Å²) in [6.07, 6.45) is 7.76. The van der Waals surface area contributed by atoms with E-state index in [0.29, 0.717) is 28.1 Å². The summed E-state index contributed by atoms with van der Waals surface area (Å²) in [6, 6.07) is 6.05. The highest BCUT2D eigenvalue weighted by Crippen LogP contribution is 2.30. The number of halogens is 1. The van der Waals surface area contributed by atoms with Crippen LogP contribution in [0, 0.1) is 5.92 Å². The predicted molar refractivity (Wildman–Crippen MR) is 133 cm³/mol. The molecule has 1 saturated carbocycles. The van der Waals surface area contributed by atoms with Crippen LogP contribution in [0.5, 0.6) is 0 Å². The van der Waals surface area contributed by atoms with E-state index in [1.165, 1.54) is 22.1 Å². The molecule has 1 N–H and O–H groups in total. The van der Waals surface area contributed by atoms with Crippen molar-refractivity contribution in [2.24, 2.45) is 5.92 Å². The molecule has 4 rings (SSSR count). The van der Waals surface area contributed by atoms with Crippen molar-refractivity contribution in [1.82, 2.24) is 14.2 Å². The Morgan fingerprint density at radius 3 is 2.71 bits per heavy atom. The second-order valence-corrected chi connectivity index (χ2v) is 12.2. The lowest BCUT2D eigenvalue weighted by Crippen LogP contribution is -2.58. The van der Waals surface area contributed by atoms with E-state index in [4.69, 9.17) is 11.6 Å². The van der Waals surface area contributed by atoms with Gasteiger partial charge in [0.2, 0.25) is 21.8 Å². The predicted octanol–water partition coefficient (Wildman–Crippen LogP) is 3.75. The SMILES string of the molecule is O=C(Nc1nccs1)C(CC1CCCCC1)N1CCN(S(=O)(=O)Cc2cccc(Cl)c2)CC1=O. The monoisotopic (exact) mass is 524 g/mol. The van der Waals surface area contributed by atoms with E-state index in [2.05, 4.69) is 10.3 Å². The molecule has 0 bridgehead atoms. The number of hydrogen-bond acceptors (Lipinski definition) is 6. The van der Waals surface area contributed by atoms with E-state index in [0.717, 1.165) is 25.7 Å². The van der Waals surface area contributed by atoms with Gasteiger partial charge in [0, 0.05) is 29.7 Å². The molecule has 1 aromatic carbocycles. The molecule has 34 heavy (non-hydrogen) atoms. The van der Waals surface area contributed by atoms with Crippen molar-refractivity contribution in [2.45, 2.75) is 50.3 Å². The van der Waals surface area contributed by atoms with Crippen LogP contribution in [0.15, 0.2) is 35.8 Å². The summed E-state index contributed by atoms with van der Waals surface area (Å²) in [5, 5.41) is 5.57. The number of thiazole rings is 1. The Bertz CT molecular complexity index is 1100. The number of nitrogens with one attached hydrogen (secondary N) is 1. The van der Waals surface area contributed by atoms with Crippen LogP contribution in [0.25, 0.3) is 0 Å². The van der Waals surface area contributed by atoms with Gasteiger partial charge >= 0.3 is 0 Å². The summed E-state index contributed by atoms with van der Waals surface area (Å²) in [5.41, 5.74) is 0.570. The summed E-state index contributed by atoms with van der Waals surface area (Å²) >= 11 is 7.31. The topological polar surface area (TPSA) is 99.7 Å². The Labute approximate surface area is 209 Å². The van der Waals surface area contributed by atoms with Crippen molar-refractivity contribution >= 4 is 49.9 Å². The highest BCUT2D eigenvalue weighted by molar-refractivity contribution is 7.88. The minimum absolute atomic E-state index is 0.153. The standard InChI is InChI=1S/C23H29ClN4O4S2/c24-19-8-4-7-18(13-19)16-34(31,32)27-10-11-28(21(29)15-27)20(14-17-5-2-1-3-6-17)22(30)26-23-25-9-12-33-23/h4,7-9,12-13,17,20H,1-3,5-6,10-11,14-16H2,(H,25,26,30). The van der Waals surface area contributed by atoms with E-state index in [1.54, 1.807) is 40.7 Å². The van der Waals surface area contributed by atoms with Crippen LogP contribution in [-0.2, 0) is 25.4 Å². The van der Waals surface area contributed by atoms with Crippen LogP contribution in [0.4, 0.5) is 5.13 Å². The Morgan fingerprint density at radius 1 is 1.24 bits per heavy atom.